The normalized spacial score (nSPS) is 18.3. The van der Waals surface area contributed by atoms with Crippen molar-refractivity contribution in [2.24, 2.45) is 5.92 Å². The molecule has 2 rings (SSSR count). The molecule has 0 aromatic heterocycles. The zero-order valence-corrected chi connectivity index (χ0v) is 14.2. The minimum absolute atomic E-state index is 0.382. The van der Waals surface area contributed by atoms with Crippen molar-refractivity contribution in [3.8, 4) is 0 Å². The molecule has 0 amide bonds. The van der Waals surface area contributed by atoms with Crippen molar-refractivity contribution >= 4 is 21.6 Å². The van der Waals surface area contributed by atoms with Gasteiger partial charge in [-0.25, -0.2) is 0 Å². The lowest BCUT2D eigenvalue weighted by Crippen LogP contribution is -2.35. The Morgan fingerprint density at radius 1 is 1.40 bits per heavy atom. The van der Waals surface area contributed by atoms with Crippen molar-refractivity contribution in [2.45, 2.75) is 25.8 Å². The van der Waals surface area contributed by atoms with Gasteiger partial charge in [-0.1, -0.05) is 6.07 Å². The number of ether oxygens (including phenoxy) is 1. The summed E-state index contributed by atoms with van der Waals surface area (Å²) in [6, 6.07) is 7.08. The zero-order chi connectivity index (χ0) is 14.5. The Balaban J connectivity index is 2.03. The van der Waals surface area contributed by atoms with Gasteiger partial charge in [-0.3, -0.25) is 0 Å². The number of rotatable bonds is 5. The van der Waals surface area contributed by atoms with E-state index in [1.165, 1.54) is 28.6 Å². The Labute approximate surface area is 130 Å². The van der Waals surface area contributed by atoms with E-state index in [4.69, 9.17) is 4.74 Å². The van der Waals surface area contributed by atoms with Gasteiger partial charge in [-0.05, 0) is 66.4 Å². The summed E-state index contributed by atoms with van der Waals surface area (Å²) in [6.07, 6.45) is 2.43. The number of halogens is 1. The molecule has 0 saturated carbocycles. The second-order valence-corrected chi connectivity index (χ2v) is 6.46. The van der Waals surface area contributed by atoms with Crippen molar-refractivity contribution in [1.82, 2.24) is 5.32 Å². The molecular formula is C16H25BrN2O. The van der Waals surface area contributed by atoms with Crippen LogP contribution in [0.5, 0.6) is 0 Å². The fraction of sp³-hybridized carbons (Fsp3) is 0.625. The van der Waals surface area contributed by atoms with Crippen LogP contribution >= 0.6 is 15.9 Å². The maximum Gasteiger partial charge on any atom is 0.0510 e. The first kappa shape index (κ1) is 15.8. The summed E-state index contributed by atoms with van der Waals surface area (Å²) in [5.41, 5.74) is 2.63. The second-order valence-electron chi connectivity index (χ2n) is 5.61. The molecule has 1 N–H and O–H groups in total. The van der Waals surface area contributed by atoms with Gasteiger partial charge in [0.1, 0.15) is 0 Å². The van der Waals surface area contributed by atoms with Crippen LogP contribution in [-0.2, 0) is 4.74 Å². The summed E-state index contributed by atoms with van der Waals surface area (Å²) in [5, 5.41) is 3.28. The van der Waals surface area contributed by atoms with E-state index >= 15 is 0 Å². The smallest absolute Gasteiger partial charge is 0.0510 e. The average Bonchev–Trinajstić information content (AvgIpc) is 2.47. The minimum atomic E-state index is 0.382. The molecule has 1 fully saturated rings. The van der Waals surface area contributed by atoms with Crippen LogP contribution in [0, 0.1) is 5.92 Å². The van der Waals surface area contributed by atoms with Gasteiger partial charge in [-0.15, -0.1) is 0 Å². The summed E-state index contributed by atoms with van der Waals surface area (Å²) in [5.74, 6) is 0.721. The third-order valence-electron chi connectivity index (χ3n) is 4.26. The molecule has 1 aromatic carbocycles. The Hall–Kier alpha value is -0.580. The van der Waals surface area contributed by atoms with Crippen molar-refractivity contribution in [3.05, 3.63) is 28.2 Å². The van der Waals surface area contributed by atoms with Crippen LogP contribution in [0.3, 0.4) is 0 Å². The van der Waals surface area contributed by atoms with Gasteiger partial charge in [0.25, 0.3) is 0 Å². The van der Waals surface area contributed by atoms with Gasteiger partial charge in [-0.2, -0.15) is 0 Å². The number of anilines is 1. The fourth-order valence-corrected chi connectivity index (χ4v) is 3.44. The van der Waals surface area contributed by atoms with Crippen LogP contribution < -0.4 is 10.2 Å². The van der Waals surface area contributed by atoms with E-state index in [9.17, 15) is 0 Å². The van der Waals surface area contributed by atoms with Crippen molar-refractivity contribution in [3.63, 3.8) is 0 Å². The standard InChI is InChI=1S/C16H25BrN2O/c1-12(18-2)14-4-5-16(15(17)10-14)19-8-6-13(7-9-19)11-20-3/h4-5,10,12-13,18H,6-9,11H2,1-3H3. The van der Waals surface area contributed by atoms with E-state index < -0.39 is 0 Å². The lowest BCUT2D eigenvalue weighted by Gasteiger charge is -2.34. The highest BCUT2D eigenvalue weighted by atomic mass is 79.9. The van der Waals surface area contributed by atoms with Gasteiger partial charge < -0.3 is 15.0 Å². The first-order valence-corrected chi connectivity index (χ1v) is 8.15. The molecule has 1 aliphatic heterocycles. The maximum atomic E-state index is 5.27. The molecule has 20 heavy (non-hydrogen) atoms. The largest absolute Gasteiger partial charge is 0.384 e. The Morgan fingerprint density at radius 3 is 2.65 bits per heavy atom. The van der Waals surface area contributed by atoms with Gasteiger partial charge in [0, 0.05) is 37.3 Å². The summed E-state index contributed by atoms with van der Waals surface area (Å²) in [6.45, 7) is 5.31. The van der Waals surface area contributed by atoms with E-state index in [1.54, 1.807) is 7.11 Å². The highest BCUT2D eigenvalue weighted by Gasteiger charge is 2.20. The number of nitrogens with one attached hydrogen (secondary N) is 1. The molecule has 4 heteroatoms. The van der Waals surface area contributed by atoms with Crippen molar-refractivity contribution in [2.75, 3.05) is 38.8 Å². The topological polar surface area (TPSA) is 24.5 Å². The Morgan fingerprint density at radius 2 is 2.10 bits per heavy atom. The summed E-state index contributed by atoms with van der Waals surface area (Å²) in [7, 11) is 3.79. The molecule has 1 saturated heterocycles. The fourth-order valence-electron chi connectivity index (χ4n) is 2.79. The molecule has 0 spiro atoms. The Bertz CT molecular complexity index is 430. The molecule has 3 nitrogen and oxygen atoms in total. The van der Waals surface area contributed by atoms with Crippen LogP contribution in [0.15, 0.2) is 22.7 Å². The predicted molar refractivity (Wildman–Crippen MR) is 88.4 cm³/mol. The third kappa shape index (κ3) is 3.74. The predicted octanol–water partition coefficient (Wildman–Crippen LogP) is 3.59. The highest BCUT2D eigenvalue weighted by Crippen LogP contribution is 2.32. The van der Waals surface area contributed by atoms with Crippen molar-refractivity contribution < 1.29 is 4.74 Å². The molecule has 1 aliphatic rings. The summed E-state index contributed by atoms with van der Waals surface area (Å²) in [4.78, 5) is 2.48. The number of methoxy groups -OCH3 is 1. The van der Waals surface area contributed by atoms with Crippen LogP contribution in [0.4, 0.5) is 5.69 Å². The highest BCUT2D eigenvalue weighted by molar-refractivity contribution is 9.10. The SMILES string of the molecule is CNC(C)c1ccc(N2CCC(COC)CC2)c(Br)c1. The van der Waals surface area contributed by atoms with Crippen LogP contribution in [-0.4, -0.2) is 33.9 Å². The monoisotopic (exact) mass is 340 g/mol. The quantitative estimate of drug-likeness (QED) is 0.886. The Kier molecular flexibility index (Phi) is 5.87. The number of hydrogen-bond donors (Lipinski definition) is 1. The van der Waals surface area contributed by atoms with E-state index in [0.29, 0.717) is 6.04 Å². The molecule has 0 aliphatic carbocycles. The van der Waals surface area contributed by atoms with Gasteiger partial charge in [0.05, 0.1) is 5.69 Å². The lowest BCUT2D eigenvalue weighted by atomic mass is 9.97. The van der Waals surface area contributed by atoms with Crippen molar-refractivity contribution in [1.29, 1.82) is 0 Å². The van der Waals surface area contributed by atoms with Gasteiger partial charge >= 0.3 is 0 Å². The number of piperidine rings is 1. The third-order valence-corrected chi connectivity index (χ3v) is 4.90. The van der Waals surface area contributed by atoms with E-state index in [1.807, 2.05) is 7.05 Å². The van der Waals surface area contributed by atoms with Crippen LogP contribution in [0.25, 0.3) is 0 Å². The lowest BCUT2D eigenvalue weighted by molar-refractivity contribution is 0.139. The molecule has 0 bridgehead atoms. The molecule has 1 unspecified atom stereocenters. The molecule has 1 atom stereocenters. The number of benzene rings is 1. The molecule has 0 radical (unpaired) electrons. The molecule has 1 aromatic rings. The number of hydrogen-bond acceptors (Lipinski definition) is 3. The molecule has 112 valence electrons. The first-order chi connectivity index (χ1) is 9.65. The average molecular weight is 341 g/mol. The maximum absolute atomic E-state index is 5.27. The summed E-state index contributed by atoms with van der Waals surface area (Å²) >= 11 is 3.73. The first-order valence-electron chi connectivity index (χ1n) is 7.36. The minimum Gasteiger partial charge on any atom is -0.384 e. The van der Waals surface area contributed by atoms with E-state index in [-0.39, 0.29) is 0 Å². The van der Waals surface area contributed by atoms with Gasteiger partial charge in [0.2, 0.25) is 0 Å². The molecule has 1 heterocycles. The van der Waals surface area contributed by atoms with Gasteiger partial charge in [0.15, 0.2) is 0 Å². The second kappa shape index (κ2) is 7.43. The van der Waals surface area contributed by atoms with Crippen LogP contribution in [0.1, 0.15) is 31.4 Å². The number of nitrogens with zero attached hydrogens (tertiary/aromatic N) is 1. The van der Waals surface area contributed by atoms with E-state index in [2.05, 4.69) is 51.3 Å². The van der Waals surface area contributed by atoms with E-state index in [0.717, 1.165) is 25.6 Å². The van der Waals surface area contributed by atoms with Crippen LogP contribution in [0.2, 0.25) is 0 Å². The molecular weight excluding hydrogens is 316 g/mol. The zero-order valence-electron chi connectivity index (χ0n) is 12.7. The summed E-state index contributed by atoms with van der Waals surface area (Å²) < 4.78 is 6.46.